The minimum absolute atomic E-state index is 0.515. The smallest absolute Gasteiger partial charge is 0.134 e. The number of nitrogens with zero attached hydrogens (tertiary/aromatic N) is 4. The van der Waals surface area contributed by atoms with Gasteiger partial charge in [0.2, 0.25) is 0 Å². The van der Waals surface area contributed by atoms with Crippen LogP contribution in [0.1, 0.15) is 26.6 Å². The Morgan fingerprint density at radius 2 is 2.11 bits per heavy atom. The number of piperazine rings is 1. The maximum Gasteiger partial charge on any atom is 0.134 e. The van der Waals surface area contributed by atoms with Gasteiger partial charge in [0.1, 0.15) is 17.5 Å². The number of anilines is 2. The molecule has 106 valence electrons. The van der Waals surface area contributed by atoms with Crippen LogP contribution < -0.4 is 15.1 Å². The highest BCUT2D eigenvalue weighted by atomic mass is 15.3. The third-order valence-electron chi connectivity index (χ3n) is 3.59. The van der Waals surface area contributed by atoms with E-state index in [1.807, 2.05) is 6.92 Å². The highest BCUT2D eigenvalue weighted by Gasteiger charge is 2.18. The zero-order chi connectivity index (χ0) is 13.8. The molecule has 1 aromatic rings. The van der Waals surface area contributed by atoms with E-state index < -0.39 is 0 Å². The van der Waals surface area contributed by atoms with Crippen molar-refractivity contribution >= 4 is 11.6 Å². The summed E-state index contributed by atoms with van der Waals surface area (Å²) in [5, 5.41) is 3.46. The summed E-state index contributed by atoms with van der Waals surface area (Å²) in [6.45, 7) is 13.5. The van der Waals surface area contributed by atoms with Gasteiger partial charge in [0.05, 0.1) is 0 Å². The van der Waals surface area contributed by atoms with Crippen molar-refractivity contribution in [2.24, 2.45) is 0 Å². The summed E-state index contributed by atoms with van der Waals surface area (Å²) >= 11 is 0. The maximum atomic E-state index is 4.60. The number of aromatic nitrogens is 2. The lowest BCUT2D eigenvalue weighted by molar-refractivity contribution is 0.482. The van der Waals surface area contributed by atoms with Gasteiger partial charge in [-0.05, 0) is 27.7 Å². The van der Waals surface area contributed by atoms with Gasteiger partial charge in [0.25, 0.3) is 0 Å². The Morgan fingerprint density at radius 1 is 1.37 bits per heavy atom. The first-order valence-corrected chi connectivity index (χ1v) is 7.23. The van der Waals surface area contributed by atoms with Gasteiger partial charge < -0.3 is 15.1 Å². The van der Waals surface area contributed by atoms with Crippen molar-refractivity contribution in [1.29, 1.82) is 0 Å². The predicted octanol–water partition coefficient (Wildman–Crippen LogP) is 1.43. The van der Waals surface area contributed by atoms with Gasteiger partial charge in [-0.15, -0.1) is 0 Å². The predicted molar refractivity (Wildman–Crippen MR) is 80.0 cm³/mol. The SMILES string of the molecule is CCN(CC)c1cc(N2CCNC(C)C2)nc(C)n1. The Balaban J connectivity index is 2.25. The van der Waals surface area contributed by atoms with Gasteiger partial charge in [-0.1, -0.05) is 0 Å². The molecular formula is C14H25N5. The quantitative estimate of drug-likeness (QED) is 0.890. The molecular weight excluding hydrogens is 238 g/mol. The standard InChI is InChI=1S/C14H25N5/c1-5-18(6-2)13-9-14(17-12(4)16-13)19-8-7-15-11(3)10-19/h9,11,15H,5-8,10H2,1-4H3. The van der Waals surface area contributed by atoms with Crippen molar-refractivity contribution in [3.05, 3.63) is 11.9 Å². The van der Waals surface area contributed by atoms with Gasteiger partial charge in [-0.2, -0.15) is 0 Å². The minimum Gasteiger partial charge on any atom is -0.357 e. The van der Waals surface area contributed by atoms with Crippen LogP contribution in [0.2, 0.25) is 0 Å². The van der Waals surface area contributed by atoms with Crippen molar-refractivity contribution in [2.75, 3.05) is 42.5 Å². The molecule has 0 bridgehead atoms. The van der Waals surface area contributed by atoms with Crippen molar-refractivity contribution in [3.63, 3.8) is 0 Å². The average molecular weight is 263 g/mol. The first kappa shape index (κ1) is 14.1. The molecule has 5 heteroatoms. The van der Waals surface area contributed by atoms with Gasteiger partial charge in [-0.25, -0.2) is 9.97 Å². The Morgan fingerprint density at radius 3 is 2.74 bits per heavy atom. The van der Waals surface area contributed by atoms with Crippen LogP contribution in [0.4, 0.5) is 11.6 Å². The average Bonchev–Trinajstić information content (AvgIpc) is 2.39. The molecule has 19 heavy (non-hydrogen) atoms. The summed E-state index contributed by atoms with van der Waals surface area (Å²) in [6.07, 6.45) is 0. The van der Waals surface area contributed by atoms with Crippen molar-refractivity contribution in [3.8, 4) is 0 Å². The van der Waals surface area contributed by atoms with Gasteiger partial charge in [-0.3, -0.25) is 0 Å². The highest BCUT2D eigenvalue weighted by molar-refractivity contribution is 5.51. The molecule has 1 aromatic heterocycles. The zero-order valence-electron chi connectivity index (χ0n) is 12.5. The van der Waals surface area contributed by atoms with Gasteiger partial charge in [0.15, 0.2) is 0 Å². The first-order chi connectivity index (χ1) is 9.13. The van der Waals surface area contributed by atoms with Crippen molar-refractivity contribution in [2.45, 2.75) is 33.7 Å². The lowest BCUT2D eigenvalue weighted by atomic mass is 10.2. The van der Waals surface area contributed by atoms with Crippen molar-refractivity contribution in [1.82, 2.24) is 15.3 Å². The summed E-state index contributed by atoms with van der Waals surface area (Å²) in [7, 11) is 0. The minimum atomic E-state index is 0.515. The van der Waals surface area contributed by atoms with Crippen LogP contribution in [0.25, 0.3) is 0 Å². The third-order valence-corrected chi connectivity index (χ3v) is 3.59. The lowest BCUT2D eigenvalue weighted by Crippen LogP contribution is -2.49. The number of rotatable bonds is 4. The molecule has 0 saturated carbocycles. The molecule has 1 fully saturated rings. The van der Waals surface area contributed by atoms with Crippen LogP contribution in [0, 0.1) is 6.92 Å². The van der Waals surface area contributed by atoms with E-state index >= 15 is 0 Å². The van der Waals surface area contributed by atoms with Gasteiger partial charge in [0, 0.05) is 44.8 Å². The fourth-order valence-electron chi connectivity index (χ4n) is 2.55. The van der Waals surface area contributed by atoms with E-state index in [-0.39, 0.29) is 0 Å². The molecule has 1 aliphatic rings. The molecule has 5 nitrogen and oxygen atoms in total. The van der Waals surface area contributed by atoms with E-state index in [1.54, 1.807) is 0 Å². The molecule has 0 spiro atoms. The van der Waals surface area contributed by atoms with Crippen LogP contribution in [0.3, 0.4) is 0 Å². The second kappa shape index (κ2) is 6.19. The Kier molecular flexibility index (Phi) is 4.58. The number of nitrogens with one attached hydrogen (secondary N) is 1. The van der Waals surface area contributed by atoms with E-state index in [0.717, 1.165) is 50.2 Å². The maximum absolute atomic E-state index is 4.60. The molecule has 1 unspecified atom stereocenters. The number of hydrogen-bond donors (Lipinski definition) is 1. The summed E-state index contributed by atoms with van der Waals surface area (Å²) in [4.78, 5) is 13.8. The number of aryl methyl sites for hydroxylation is 1. The van der Waals surface area contributed by atoms with Crippen LogP contribution >= 0.6 is 0 Å². The highest BCUT2D eigenvalue weighted by Crippen LogP contribution is 2.20. The Labute approximate surface area is 116 Å². The molecule has 0 amide bonds. The molecule has 2 heterocycles. The molecule has 1 atom stereocenters. The Hall–Kier alpha value is -1.36. The second-order valence-electron chi connectivity index (χ2n) is 5.11. The van der Waals surface area contributed by atoms with E-state index in [4.69, 9.17) is 0 Å². The molecule has 0 aliphatic carbocycles. The third kappa shape index (κ3) is 3.35. The van der Waals surface area contributed by atoms with E-state index in [2.05, 4.69) is 51.9 Å². The first-order valence-electron chi connectivity index (χ1n) is 7.23. The summed E-state index contributed by atoms with van der Waals surface area (Å²) < 4.78 is 0. The van der Waals surface area contributed by atoms with E-state index in [9.17, 15) is 0 Å². The van der Waals surface area contributed by atoms with Crippen molar-refractivity contribution < 1.29 is 0 Å². The van der Waals surface area contributed by atoms with Crippen LogP contribution in [0.15, 0.2) is 6.07 Å². The van der Waals surface area contributed by atoms with Crippen LogP contribution in [0.5, 0.6) is 0 Å². The molecule has 1 saturated heterocycles. The van der Waals surface area contributed by atoms with E-state index in [1.165, 1.54) is 0 Å². The second-order valence-corrected chi connectivity index (χ2v) is 5.11. The molecule has 0 radical (unpaired) electrons. The van der Waals surface area contributed by atoms with Gasteiger partial charge >= 0.3 is 0 Å². The summed E-state index contributed by atoms with van der Waals surface area (Å²) in [5.41, 5.74) is 0. The topological polar surface area (TPSA) is 44.3 Å². The molecule has 0 aromatic carbocycles. The fraction of sp³-hybridized carbons (Fsp3) is 0.714. The van der Waals surface area contributed by atoms with Crippen LogP contribution in [-0.2, 0) is 0 Å². The largest absolute Gasteiger partial charge is 0.357 e. The summed E-state index contributed by atoms with van der Waals surface area (Å²) in [6, 6.07) is 2.64. The van der Waals surface area contributed by atoms with E-state index in [0.29, 0.717) is 6.04 Å². The lowest BCUT2D eigenvalue weighted by Gasteiger charge is -2.33. The zero-order valence-corrected chi connectivity index (χ0v) is 12.5. The normalized spacial score (nSPS) is 19.6. The Bertz CT molecular complexity index is 416. The molecule has 1 N–H and O–H groups in total. The fourth-order valence-corrected chi connectivity index (χ4v) is 2.55. The molecule has 1 aliphatic heterocycles. The number of hydrogen-bond acceptors (Lipinski definition) is 5. The summed E-state index contributed by atoms with van der Waals surface area (Å²) in [5.74, 6) is 2.95. The monoisotopic (exact) mass is 263 g/mol. The van der Waals surface area contributed by atoms with Crippen LogP contribution in [-0.4, -0.2) is 48.7 Å². The molecule has 2 rings (SSSR count).